The predicted octanol–water partition coefficient (Wildman–Crippen LogP) is 5.90. The second-order valence-corrected chi connectivity index (χ2v) is 8.45. The number of hydrogen-bond donors (Lipinski definition) is 0. The summed E-state index contributed by atoms with van der Waals surface area (Å²) in [5, 5.41) is 0. The summed E-state index contributed by atoms with van der Waals surface area (Å²) < 4.78 is 0. The highest BCUT2D eigenvalue weighted by Crippen LogP contribution is 2.58. The lowest BCUT2D eigenvalue weighted by Gasteiger charge is -2.41. The lowest BCUT2D eigenvalue weighted by atomic mass is 9.62. The summed E-state index contributed by atoms with van der Waals surface area (Å²) in [6.45, 7) is 0. The molecule has 3 unspecified atom stereocenters. The van der Waals surface area contributed by atoms with Gasteiger partial charge >= 0.3 is 0 Å². The first-order chi connectivity index (χ1) is 10.9. The summed E-state index contributed by atoms with van der Waals surface area (Å²) in [5.74, 6) is 2.59. The Morgan fingerprint density at radius 3 is 2.64 bits per heavy atom. The highest BCUT2D eigenvalue weighted by atomic mass is 14.5. The van der Waals surface area contributed by atoms with E-state index < -0.39 is 0 Å². The molecular weight excluding hydrogens is 264 g/mol. The molecule has 0 heteroatoms. The van der Waals surface area contributed by atoms with Crippen molar-refractivity contribution < 1.29 is 0 Å². The fourth-order valence-electron chi connectivity index (χ4n) is 6.28. The van der Waals surface area contributed by atoms with Crippen LogP contribution in [0.2, 0.25) is 0 Å². The molecule has 2 bridgehead atoms. The third-order valence-corrected chi connectivity index (χ3v) is 7.32. The zero-order valence-corrected chi connectivity index (χ0v) is 13.7. The number of aryl methyl sites for hydroxylation is 1. The van der Waals surface area contributed by atoms with E-state index in [4.69, 9.17) is 0 Å². The van der Waals surface area contributed by atoms with E-state index in [0.29, 0.717) is 5.41 Å². The van der Waals surface area contributed by atoms with E-state index >= 15 is 0 Å². The van der Waals surface area contributed by atoms with Crippen LogP contribution in [0, 0.1) is 11.8 Å². The second kappa shape index (κ2) is 4.98. The van der Waals surface area contributed by atoms with Crippen molar-refractivity contribution in [3.05, 3.63) is 47.0 Å². The van der Waals surface area contributed by atoms with Gasteiger partial charge < -0.3 is 0 Å². The molecule has 116 valence electrons. The Labute approximate surface area is 135 Å². The Kier molecular flexibility index (Phi) is 3.03. The van der Waals surface area contributed by atoms with Crippen molar-refractivity contribution in [2.24, 2.45) is 11.8 Å². The Morgan fingerprint density at radius 1 is 0.955 bits per heavy atom. The van der Waals surface area contributed by atoms with Gasteiger partial charge in [-0.3, -0.25) is 0 Å². The monoisotopic (exact) mass is 292 g/mol. The summed E-state index contributed by atoms with van der Waals surface area (Å²) in [4.78, 5) is 0. The highest BCUT2D eigenvalue weighted by molar-refractivity contribution is 5.44. The van der Waals surface area contributed by atoms with Crippen molar-refractivity contribution in [2.45, 2.75) is 75.5 Å². The van der Waals surface area contributed by atoms with Crippen LogP contribution < -0.4 is 0 Å². The standard InChI is InChI=1S/C22H28/c1-2-5-17(6-3-1)18-9-11-21-19(14-18)7-4-12-22(21)15-16-8-10-20(22)13-16/h8-11,14,16-17,20H,1-7,12-13,15H2. The Hall–Kier alpha value is -1.04. The molecule has 22 heavy (non-hydrogen) atoms. The van der Waals surface area contributed by atoms with Gasteiger partial charge in [-0.05, 0) is 79.4 Å². The SMILES string of the molecule is C1=CC2CC1CC21CCCc2cc(C3CCCCC3)ccc21. The summed E-state index contributed by atoms with van der Waals surface area (Å²) >= 11 is 0. The van der Waals surface area contributed by atoms with Gasteiger partial charge in [0.25, 0.3) is 0 Å². The van der Waals surface area contributed by atoms with Gasteiger partial charge in [-0.2, -0.15) is 0 Å². The minimum Gasteiger partial charge on any atom is -0.0851 e. The zero-order chi connectivity index (χ0) is 14.6. The molecule has 1 spiro atoms. The van der Waals surface area contributed by atoms with Crippen molar-refractivity contribution >= 4 is 0 Å². The molecule has 0 N–H and O–H groups in total. The topological polar surface area (TPSA) is 0 Å². The van der Waals surface area contributed by atoms with E-state index in [9.17, 15) is 0 Å². The molecule has 1 aromatic rings. The molecule has 4 aliphatic carbocycles. The molecule has 1 aromatic carbocycles. The highest BCUT2D eigenvalue weighted by Gasteiger charge is 2.50. The number of fused-ring (bicyclic) bond motifs is 5. The molecule has 0 aliphatic heterocycles. The molecule has 2 saturated carbocycles. The largest absolute Gasteiger partial charge is 0.0851 e. The van der Waals surface area contributed by atoms with Crippen LogP contribution in [0.25, 0.3) is 0 Å². The fraction of sp³-hybridized carbons (Fsp3) is 0.636. The van der Waals surface area contributed by atoms with E-state index in [1.54, 1.807) is 16.7 Å². The van der Waals surface area contributed by atoms with Gasteiger partial charge in [0.2, 0.25) is 0 Å². The first-order valence-corrected chi connectivity index (χ1v) is 9.67. The van der Waals surface area contributed by atoms with E-state index in [2.05, 4.69) is 30.4 Å². The van der Waals surface area contributed by atoms with Crippen LogP contribution in [-0.4, -0.2) is 0 Å². The Bertz CT molecular complexity index is 604. The van der Waals surface area contributed by atoms with E-state index in [-0.39, 0.29) is 0 Å². The third kappa shape index (κ3) is 1.88. The van der Waals surface area contributed by atoms with Crippen LogP contribution >= 0.6 is 0 Å². The Morgan fingerprint density at radius 2 is 1.86 bits per heavy atom. The van der Waals surface area contributed by atoms with Gasteiger partial charge in [0, 0.05) is 5.41 Å². The predicted molar refractivity (Wildman–Crippen MR) is 92.2 cm³/mol. The third-order valence-electron chi connectivity index (χ3n) is 7.32. The number of hydrogen-bond acceptors (Lipinski definition) is 0. The second-order valence-electron chi connectivity index (χ2n) is 8.45. The van der Waals surface area contributed by atoms with Crippen molar-refractivity contribution in [3.63, 3.8) is 0 Å². The molecule has 2 fully saturated rings. The zero-order valence-electron chi connectivity index (χ0n) is 13.7. The summed E-state index contributed by atoms with van der Waals surface area (Å²) in [7, 11) is 0. The lowest BCUT2D eigenvalue weighted by Crippen LogP contribution is -2.35. The number of allylic oxidation sites excluding steroid dienone is 2. The smallest absolute Gasteiger partial charge is 0.00243 e. The van der Waals surface area contributed by atoms with Crippen molar-refractivity contribution in [1.82, 2.24) is 0 Å². The molecule has 0 amide bonds. The van der Waals surface area contributed by atoms with Gasteiger partial charge in [0.05, 0.1) is 0 Å². The minimum atomic E-state index is 0.526. The fourth-order valence-corrected chi connectivity index (χ4v) is 6.28. The van der Waals surface area contributed by atoms with Crippen molar-refractivity contribution in [2.75, 3.05) is 0 Å². The van der Waals surface area contributed by atoms with Gasteiger partial charge in [-0.25, -0.2) is 0 Å². The molecule has 3 atom stereocenters. The summed E-state index contributed by atoms with van der Waals surface area (Å²) in [5.41, 5.74) is 5.65. The molecule has 0 radical (unpaired) electrons. The maximum atomic E-state index is 2.63. The lowest BCUT2D eigenvalue weighted by molar-refractivity contribution is 0.303. The first-order valence-electron chi connectivity index (χ1n) is 9.67. The molecule has 0 aromatic heterocycles. The van der Waals surface area contributed by atoms with Crippen LogP contribution in [0.15, 0.2) is 30.4 Å². The van der Waals surface area contributed by atoms with Crippen LogP contribution in [0.1, 0.15) is 80.4 Å². The average molecular weight is 292 g/mol. The van der Waals surface area contributed by atoms with Gasteiger partial charge in [0.1, 0.15) is 0 Å². The van der Waals surface area contributed by atoms with Crippen molar-refractivity contribution in [3.8, 4) is 0 Å². The van der Waals surface area contributed by atoms with Crippen LogP contribution in [-0.2, 0) is 11.8 Å². The van der Waals surface area contributed by atoms with Gasteiger partial charge in [0.15, 0.2) is 0 Å². The molecule has 4 aliphatic rings. The van der Waals surface area contributed by atoms with E-state index in [1.807, 2.05) is 0 Å². The molecule has 5 rings (SSSR count). The quantitative estimate of drug-likeness (QED) is 0.565. The van der Waals surface area contributed by atoms with Gasteiger partial charge in [-0.1, -0.05) is 49.6 Å². The molecule has 0 saturated heterocycles. The van der Waals surface area contributed by atoms with Gasteiger partial charge in [-0.15, -0.1) is 0 Å². The van der Waals surface area contributed by atoms with E-state index in [1.165, 1.54) is 64.2 Å². The maximum absolute atomic E-state index is 2.63. The van der Waals surface area contributed by atoms with Crippen LogP contribution in [0.5, 0.6) is 0 Å². The average Bonchev–Trinajstić information content (AvgIpc) is 3.17. The first kappa shape index (κ1) is 13.4. The molecule has 0 heterocycles. The van der Waals surface area contributed by atoms with E-state index in [0.717, 1.165) is 17.8 Å². The van der Waals surface area contributed by atoms with Crippen LogP contribution in [0.4, 0.5) is 0 Å². The number of rotatable bonds is 1. The summed E-state index contributed by atoms with van der Waals surface area (Å²) in [6.07, 6.45) is 19.3. The number of benzene rings is 1. The minimum absolute atomic E-state index is 0.526. The molecular formula is C22H28. The van der Waals surface area contributed by atoms with Crippen LogP contribution in [0.3, 0.4) is 0 Å². The van der Waals surface area contributed by atoms with Crippen molar-refractivity contribution in [1.29, 1.82) is 0 Å². The molecule has 0 nitrogen and oxygen atoms in total. The normalized spacial score (nSPS) is 36.9. The summed E-state index contributed by atoms with van der Waals surface area (Å²) in [6, 6.07) is 7.70. The Balaban J connectivity index is 1.52. The maximum Gasteiger partial charge on any atom is 0.00243 e.